The number of aliphatic hydroxyl groups is 1. The molecule has 1 atom stereocenters. The first-order valence-corrected chi connectivity index (χ1v) is 6.30. The van der Waals surface area contributed by atoms with Gasteiger partial charge in [-0.25, -0.2) is 9.97 Å². The van der Waals surface area contributed by atoms with Gasteiger partial charge in [-0.05, 0) is 26.7 Å². The van der Waals surface area contributed by atoms with Crippen molar-refractivity contribution in [1.82, 2.24) is 9.97 Å². The number of aliphatic hydroxyl groups excluding tert-OH is 1. The van der Waals surface area contributed by atoms with Crippen LogP contribution in [0.3, 0.4) is 0 Å². The lowest BCUT2D eigenvalue weighted by atomic mass is 10.3. The number of likely N-dealkylation sites (N-methyl/N-ethyl adjacent to an activating group) is 1. The molecule has 0 aliphatic heterocycles. The monoisotopic (exact) mass is 255 g/mol. The van der Waals surface area contributed by atoms with Gasteiger partial charge in [0.2, 0.25) is 0 Å². The van der Waals surface area contributed by atoms with Crippen molar-refractivity contribution in [3.8, 4) is 0 Å². The highest BCUT2D eigenvalue weighted by atomic mass is 35.5. The molecule has 1 aromatic heterocycles. The van der Waals surface area contributed by atoms with Crippen LogP contribution < -0.4 is 4.90 Å². The molecule has 94 valence electrons. The molecule has 5 heteroatoms. The van der Waals surface area contributed by atoms with E-state index in [-0.39, 0.29) is 0 Å². The predicted octanol–water partition coefficient (Wildman–Crippen LogP) is 2.13. The highest BCUT2D eigenvalue weighted by Crippen LogP contribution is 2.39. The number of aromatic nitrogens is 2. The van der Waals surface area contributed by atoms with Crippen LogP contribution in [0.4, 0.5) is 5.82 Å². The summed E-state index contributed by atoms with van der Waals surface area (Å²) in [7, 11) is 1.91. The molecular weight excluding hydrogens is 238 g/mol. The Kier molecular flexibility index (Phi) is 3.54. The van der Waals surface area contributed by atoms with E-state index in [1.54, 1.807) is 6.92 Å². The smallest absolute Gasteiger partial charge is 0.137 e. The molecule has 1 aliphatic rings. The van der Waals surface area contributed by atoms with Crippen molar-refractivity contribution in [3.05, 3.63) is 16.5 Å². The molecule has 0 saturated heterocycles. The maximum Gasteiger partial charge on any atom is 0.137 e. The minimum absolute atomic E-state index is 0.391. The van der Waals surface area contributed by atoms with Crippen LogP contribution in [0.15, 0.2) is 0 Å². The van der Waals surface area contributed by atoms with Gasteiger partial charge in [0.15, 0.2) is 0 Å². The van der Waals surface area contributed by atoms with Crippen molar-refractivity contribution < 1.29 is 5.11 Å². The Labute approximate surface area is 107 Å². The Morgan fingerprint density at radius 1 is 1.47 bits per heavy atom. The summed E-state index contributed by atoms with van der Waals surface area (Å²) in [5.41, 5.74) is 0.874. The first-order valence-electron chi connectivity index (χ1n) is 5.92. The maximum atomic E-state index is 9.42. The molecule has 1 aliphatic carbocycles. The normalized spacial score (nSPS) is 17.0. The molecule has 1 unspecified atom stereocenters. The summed E-state index contributed by atoms with van der Waals surface area (Å²) in [4.78, 5) is 10.8. The molecule has 1 heterocycles. The van der Waals surface area contributed by atoms with E-state index in [1.807, 2.05) is 18.9 Å². The second-order valence-electron chi connectivity index (χ2n) is 4.83. The van der Waals surface area contributed by atoms with E-state index < -0.39 is 6.10 Å². The fourth-order valence-electron chi connectivity index (χ4n) is 1.87. The third-order valence-electron chi connectivity index (χ3n) is 2.92. The van der Waals surface area contributed by atoms with E-state index in [4.69, 9.17) is 11.6 Å². The van der Waals surface area contributed by atoms with Crippen molar-refractivity contribution in [2.24, 2.45) is 0 Å². The van der Waals surface area contributed by atoms with Crippen LogP contribution in [-0.4, -0.2) is 34.8 Å². The van der Waals surface area contributed by atoms with Crippen LogP contribution in [-0.2, 0) is 0 Å². The summed E-state index contributed by atoms with van der Waals surface area (Å²) in [5, 5.41) is 9.94. The molecule has 1 aromatic rings. The quantitative estimate of drug-likeness (QED) is 0.838. The van der Waals surface area contributed by atoms with Gasteiger partial charge < -0.3 is 10.0 Å². The van der Waals surface area contributed by atoms with Crippen LogP contribution >= 0.6 is 11.6 Å². The molecule has 1 N–H and O–H groups in total. The average molecular weight is 256 g/mol. The van der Waals surface area contributed by atoms with Gasteiger partial charge in [-0.2, -0.15) is 0 Å². The number of anilines is 1. The van der Waals surface area contributed by atoms with E-state index >= 15 is 0 Å². The van der Waals surface area contributed by atoms with E-state index in [0.29, 0.717) is 17.6 Å². The van der Waals surface area contributed by atoms with Crippen molar-refractivity contribution in [2.45, 2.75) is 38.7 Å². The fraction of sp³-hybridized carbons (Fsp3) is 0.667. The van der Waals surface area contributed by atoms with Crippen LogP contribution in [0.1, 0.15) is 37.1 Å². The number of hydrogen-bond acceptors (Lipinski definition) is 4. The SMILES string of the molecule is Cc1c(Cl)nc(C2CC2)nc1N(C)CC(C)O. The van der Waals surface area contributed by atoms with E-state index in [0.717, 1.165) is 30.0 Å². The van der Waals surface area contributed by atoms with Crippen molar-refractivity contribution in [1.29, 1.82) is 0 Å². The second kappa shape index (κ2) is 4.78. The van der Waals surface area contributed by atoms with E-state index in [2.05, 4.69) is 9.97 Å². The zero-order valence-corrected chi connectivity index (χ0v) is 11.2. The molecule has 0 aromatic carbocycles. The molecule has 2 rings (SSSR count). The van der Waals surface area contributed by atoms with Crippen molar-refractivity contribution >= 4 is 17.4 Å². The molecule has 0 bridgehead atoms. The predicted molar refractivity (Wildman–Crippen MR) is 68.7 cm³/mol. The summed E-state index contributed by atoms with van der Waals surface area (Å²) < 4.78 is 0. The van der Waals surface area contributed by atoms with Crippen LogP contribution in [0.25, 0.3) is 0 Å². The third kappa shape index (κ3) is 2.87. The minimum atomic E-state index is -0.391. The highest BCUT2D eigenvalue weighted by molar-refractivity contribution is 6.30. The van der Waals surface area contributed by atoms with Crippen molar-refractivity contribution in [3.63, 3.8) is 0 Å². The van der Waals surface area contributed by atoms with E-state index in [9.17, 15) is 5.11 Å². The van der Waals surface area contributed by atoms with Gasteiger partial charge in [0.05, 0.1) is 6.10 Å². The highest BCUT2D eigenvalue weighted by Gasteiger charge is 2.28. The van der Waals surface area contributed by atoms with Crippen LogP contribution in [0.2, 0.25) is 5.15 Å². The number of halogens is 1. The van der Waals surface area contributed by atoms with Gasteiger partial charge in [0, 0.05) is 25.1 Å². The molecule has 17 heavy (non-hydrogen) atoms. The van der Waals surface area contributed by atoms with Crippen molar-refractivity contribution in [2.75, 3.05) is 18.5 Å². The Bertz CT molecular complexity index is 418. The summed E-state index contributed by atoms with van der Waals surface area (Å²) >= 11 is 6.13. The number of hydrogen-bond donors (Lipinski definition) is 1. The molecular formula is C12H18ClN3O. The zero-order valence-electron chi connectivity index (χ0n) is 10.4. The molecule has 1 saturated carbocycles. The second-order valence-corrected chi connectivity index (χ2v) is 5.18. The van der Waals surface area contributed by atoms with Gasteiger partial charge in [-0.1, -0.05) is 11.6 Å². The molecule has 0 radical (unpaired) electrons. The Morgan fingerprint density at radius 3 is 2.65 bits per heavy atom. The number of nitrogens with zero attached hydrogens (tertiary/aromatic N) is 3. The van der Waals surface area contributed by atoms with Gasteiger partial charge in [0.25, 0.3) is 0 Å². The summed E-state index contributed by atoms with van der Waals surface area (Å²) in [6, 6.07) is 0. The lowest BCUT2D eigenvalue weighted by Crippen LogP contribution is -2.28. The first kappa shape index (κ1) is 12.6. The molecule has 1 fully saturated rings. The summed E-state index contributed by atoms with van der Waals surface area (Å²) in [6.07, 6.45) is 1.91. The zero-order chi connectivity index (χ0) is 12.6. The van der Waals surface area contributed by atoms with Gasteiger partial charge >= 0.3 is 0 Å². The first-order chi connectivity index (χ1) is 7.99. The topological polar surface area (TPSA) is 49.2 Å². The number of rotatable bonds is 4. The summed E-state index contributed by atoms with van der Waals surface area (Å²) in [6.45, 7) is 4.21. The lowest BCUT2D eigenvalue weighted by Gasteiger charge is -2.22. The third-order valence-corrected chi connectivity index (χ3v) is 3.29. The Morgan fingerprint density at radius 2 is 2.12 bits per heavy atom. The molecule has 0 spiro atoms. The lowest BCUT2D eigenvalue weighted by molar-refractivity contribution is 0.201. The summed E-state index contributed by atoms with van der Waals surface area (Å²) in [5.74, 6) is 2.15. The van der Waals surface area contributed by atoms with E-state index in [1.165, 1.54) is 0 Å². The fourth-order valence-corrected chi connectivity index (χ4v) is 2.04. The molecule has 0 amide bonds. The maximum absolute atomic E-state index is 9.42. The Balaban J connectivity index is 2.30. The van der Waals surface area contributed by atoms with Gasteiger partial charge in [-0.15, -0.1) is 0 Å². The van der Waals surface area contributed by atoms with Crippen LogP contribution in [0.5, 0.6) is 0 Å². The Hall–Kier alpha value is -0.870. The molecule has 4 nitrogen and oxygen atoms in total. The van der Waals surface area contributed by atoms with Gasteiger partial charge in [-0.3, -0.25) is 0 Å². The average Bonchev–Trinajstić information content (AvgIpc) is 3.04. The largest absolute Gasteiger partial charge is 0.392 e. The van der Waals surface area contributed by atoms with Crippen LogP contribution in [0, 0.1) is 6.92 Å². The standard InChI is InChI=1S/C12H18ClN3O/c1-7(17)6-16(3)12-8(2)10(13)14-11(15-12)9-4-5-9/h7,9,17H,4-6H2,1-3H3. The minimum Gasteiger partial charge on any atom is -0.392 e. The van der Waals surface area contributed by atoms with Gasteiger partial charge in [0.1, 0.15) is 16.8 Å².